The summed E-state index contributed by atoms with van der Waals surface area (Å²) in [5, 5.41) is 6.29. The monoisotopic (exact) mass is 570 g/mol. The molecule has 0 aliphatic carbocycles. The molecule has 0 unspecified atom stereocenters. The van der Waals surface area contributed by atoms with Crippen molar-refractivity contribution in [1.29, 1.82) is 0 Å². The zero-order valence-corrected chi connectivity index (χ0v) is 25.1. The molecule has 0 bridgehead atoms. The van der Waals surface area contributed by atoms with E-state index in [4.69, 9.17) is 14.5 Å². The van der Waals surface area contributed by atoms with Gasteiger partial charge in [-0.3, -0.25) is 4.90 Å². The number of carbonyl (C=O) groups excluding carboxylic acids is 1. The van der Waals surface area contributed by atoms with Crippen LogP contribution in [0.1, 0.15) is 51.8 Å². The zero-order valence-electron chi connectivity index (χ0n) is 25.1. The van der Waals surface area contributed by atoms with Crippen LogP contribution in [-0.4, -0.2) is 56.8 Å². The lowest BCUT2D eigenvalue weighted by Gasteiger charge is -2.22. The maximum Gasteiger partial charge on any atom is 0.408 e. The highest BCUT2D eigenvalue weighted by Crippen LogP contribution is 2.24. The molecule has 220 valence electrons. The van der Waals surface area contributed by atoms with Crippen molar-refractivity contribution in [3.05, 3.63) is 78.0 Å². The molecule has 2 aromatic carbocycles. The van der Waals surface area contributed by atoms with Gasteiger partial charge in [0, 0.05) is 24.8 Å². The van der Waals surface area contributed by atoms with Gasteiger partial charge in [0.15, 0.2) is 5.82 Å². The molecular formula is C31H38N8O3. The molecular weight excluding hydrogens is 532 g/mol. The Labute approximate surface area is 246 Å². The molecule has 4 aromatic rings. The number of nitrogens with one attached hydrogen (secondary N) is 2. The van der Waals surface area contributed by atoms with E-state index in [1.807, 2.05) is 77.2 Å². The summed E-state index contributed by atoms with van der Waals surface area (Å²) < 4.78 is 10.7. The highest BCUT2D eigenvalue weighted by atomic mass is 16.6. The molecule has 11 nitrogen and oxygen atoms in total. The van der Waals surface area contributed by atoms with Crippen molar-refractivity contribution in [2.75, 3.05) is 24.4 Å². The number of rotatable bonds is 10. The molecule has 2 N–H and O–H groups in total. The van der Waals surface area contributed by atoms with E-state index in [1.165, 1.54) is 7.11 Å². The number of carbonyl (C=O) groups is 1. The highest BCUT2D eigenvalue weighted by molar-refractivity contribution is 5.68. The molecule has 0 radical (unpaired) electrons. The predicted octanol–water partition coefficient (Wildman–Crippen LogP) is 5.73. The lowest BCUT2D eigenvalue weighted by atomic mass is 10.0. The van der Waals surface area contributed by atoms with Crippen LogP contribution < -0.4 is 20.3 Å². The Morgan fingerprint density at radius 3 is 2.45 bits per heavy atom. The molecule has 2 aromatic heterocycles. The van der Waals surface area contributed by atoms with Crippen LogP contribution in [0.15, 0.2) is 66.9 Å². The summed E-state index contributed by atoms with van der Waals surface area (Å²) in [4.78, 5) is 36.5. The summed E-state index contributed by atoms with van der Waals surface area (Å²) in [7, 11) is 3.35. The summed E-state index contributed by atoms with van der Waals surface area (Å²) in [6.07, 6.45) is 1.97. The average Bonchev–Trinajstić information content (AvgIpc) is 2.96. The molecule has 2 heterocycles. The van der Waals surface area contributed by atoms with Gasteiger partial charge in [0.25, 0.3) is 0 Å². The first-order valence-corrected chi connectivity index (χ1v) is 13.8. The molecule has 1 amide bonds. The molecule has 0 saturated carbocycles. The van der Waals surface area contributed by atoms with E-state index in [0.29, 0.717) is 23.5 Å². The van der Waals surface area contributed by atoms with Crippen molar-refractivity contribution < 1.29 is 14.3 Å². The number of ether oxygens (including phenoxy) is 2. The van der Waals surface area contributed by atoms with Crippen LogP contribution in [0.4, 0.5) is 22.5 Å². The normalized spacial score (nSPS) is 12.6. The Kier molecular flexibility index (Phi) is 9.51. The van der Waals surface area contributed by atoms with E-state index >= 15 is 0 Å². The van der Waals surface area contributed by atoms with Crippen LogP contribution in [0.25, 0.3) is 11.4 Å². The second-order valence-electron chi connectivity index (χ2n) is 11.0. The van der Waals surface area contributed by atoms with Gasteiger partial charge in [0.2, 0.25) is 11.9 Å². The lowest BCUT2D eigenvalue weighted by Crippen LogP contribution is -2.34. The third kappa shape index (κ3) is 8.35. The zero-order chi connectivity index (χ0) is 30.3. The Hall–Kier alpha value is -4.80. The van der Waals surface area contributed by atoms with Crippen LogP contribution in [0.3, 0.4) is 0 Å². The molecule has 0 aliphatic heterocycles. The van der Waals surface area contributed by atoms with Crippen LogP contribution in [-0.2, 0) is 11.2 Å². The average molecular weight is 571 g/mol. The molecule has 0 fully saturated rings. The largest absolute Gasteiger partial charge is 0.467 e. The van der Waals surface area contributed by atoms with Gasteiger partial charge in [0.05, 0.1) is 13.2 Å². The number of methoxy groups -OCH3 is 1. The van der Waals surface area contributed by atoms with Gasteiger partial charge < -0.3 is 20.1 Å². The minimum absolute atomic E-state index is 0.0249. The third-order valence-electron chi connectivity index (χ3n) is 6.20. The fourth-order valence-electron chi connectivity index (χ4n) is 4.19. The lowest BCUT2D eigenvalue weighted by molar-refractivity contribution is 0.0508. The second-order valence-corrected chi connectivity index (χ2v) is 11.0. The minimum atomic E-state index is -0.551. The Bertz CT molecular complexity index is 1490. The van der Waals surface area contributed by atoms with Crippen molar-refractivity contribution in [2.45, 2.75) is 58.7 Å². The number of hydrogen-bond donors (Lipinski definition) is 2. The van der Waals surface area contributed by atoms with E-state index < -0.39 is 11.7 Å². The highest BCUT2D eigenvalue weighted by Gasteiger charge is 2.19. The minimum Gasteiger partial charge on any atom is -0.467 e. The van der Waals surface area contributed by atoms with Gasteiger partial charge in [-0.05, 0) is 58.2 Å². The van der Waals surface area contributed by atoms with E-state index in [1.54, 1.807) is 17.2 Å². The summed E-state index contributed by atoms with van der Waals surface area (Å²) in [5.41, 5.74) is 2.41. The van der Waals surface area contributed by atoms with Gasteiger partial charge in [-0.2, -0.15) is 19.9 Å². The number of anilines is 3. The summed E-state index contributed by atoms with van der Waals surface area (Å²) in [6, 6.07) is 19.6. The molecule has 4 rings (SSSR count). The van der Waals surface area contributed by atoms with Gasteiger partial charge in [-0.1, -0.05) is 54.6 Å². The maximum absolute atomic E-state index is 12.2. The SMILES string of the molecule is COc1nc(-c2ccccc2)nc(N(C)c2ccnc(N[C@@H](C)Cc3cccc([C@@H](C)NC(=O)OC(C)(C)C)c3)n2)n1. The first-order valence-electron chi connectivity index (χ1n) is 13.8. The van der Waals surface area contributed by atoms with Crippen molar-refractivity contribution in [3.8, 4) is 17.4 Å². The van der Waals surface area contributed by atoms with Crippen molar-refractivity contribution in [2.24, 2.45) is 0 Å². The quantitative estimate of drug-likeness (QED) is 0.244. The van der Waals surface area contributed by atoms with Gasteiger partial charge in [0.1, 0.15) is 11.4 Å². The number of hydrogen-bond acceptors (Lipinski definition) is 10. The molecule has 0 saturated heterocycles. The Balaban J connectivity index is 1.43. The van der Waals surface area contributed by atoms with E-state index in [2.05, 4.69) is 49.6 Å². The first kappa shape index (κ1) is 30.2. The summed E-state index contributed by atoms with van der Waals surface area (Å²) >= 11 is 0. The summed E-state index contributed by atoms with van der Waals surface area (Å²) in [5.74, 6) is 1.98. The predicted molar refractivity (Wildman–Crippen MR) is 163 cm³/mol. The van der Waals surface area contributed by atoms with E-state index in [9.17, 15) is 4.79 Å². The van der Waals surface area contributed by atoms with E-state index in [-0.39, 0.29) is 18.1 Å². The number of aromatic nitrogens is 5. The van der Waals surface area contributed by atoms with Gasteiger partial charge >= 0.3 is 12.1 Å². The van der Waals surface area contributed by atoms with Crippen molar-refractivity contribution >= 4 is 23.8 Å². The number of alkyl carbamates (subject to hydrolysis) is 1. The van der Waals surface area contributed by atoms with Crippen LogP contribution in [0, 0.1) is 0 Å². The number of nitrogens with zero attached hydrogens (tertiary/aromatic N) is 6. The first-order chi connectivity index (χ1) is 20.0. The number of amides is 1. The molecule has 2 atom stereocenters. The molecule has 42 heavy (non-hydrogen) atoms. The third-order valence-corrected chi connectivity index (χ3v) is 6.20. The smallest absolute Gasteiger partial charge is 0.408 e. The molecule has 0 aliphatic rings. The molecule has 0 spiro atoms. The Morgan fingerprint density at radius 2 is 1.74 bits per heavy atom. The van der Waals surface area contributed by atoms with Crippen LogP contribution >= 0.6 is 0 Å². The van der Waals surface area contributed by atoms with Crippen molar-refractivity contribution in [3.63, 3.8) is 0 Å². The Morgan fingerprint density at radius 1 is 0.976 bits per heavy atom. The maximum atomic E-state index is 12.2. The van der Waals surface area contributed by atoms with Crippen LogP contribution in [0.2, 0.25) is 0 Å². The van der Waals surface area contributed by atoms with Gasteiger partial charge in [-0.15, -0.1) is 0 Å². The second kappa shape index (κ2) is 13.2. The van der Waals surface area contributed by atoms with E-state index in [0.717, 1.165) is 23.1 Å². The fraction of sp³-hybridized carbons (Fsp3) is 0.355. The van der Waals surface area contributed by atoms with Gasteiger partial charge in [-0.25, -0.2) is 9.78 Å². The molecule has 11 heteroatoms. The fourth-order valence-corrected chi connectivity index (χ4v) is 4.19. The topological polar surface area (TPSA) is 127 Å². The van der Waals surface area contributed by atoms with Crippen LogP contribution in [0.5, 0.6) is 6.01 Å². The summed E-state index contributed by atoms with van der Waals surface area (Å²) in [6.45, 7) is 9.53. The van der Waals surface area contributed by atoms with Crippen molar-refractivity contribution in [1.82, 2.24) is 30.2 Å². The number of benzene rings is 2. The standard InChI is InChI=1S/C31H38N8O3/c1-20(18-22-12-11-15-24(19-22)21(2)34-30(40)42-31(3,4)5)33-27-32-17-16-25(35-27)39(6)28-36-26(37-29(38-28)41-7)23-13-9-8-10-14-23/h8-17,19-21H,18H2,1-7H3,(H,34,40)(H,32,33,35)/t20-,21+/m0/s1.